The molecule has 158 valence electrons. The minimum Gasteiger partial charge on any atom is -0.270 e. The van der Waals surface area contributed by atoms with Crippen LogP contribution >= 0.6 is 7.59 Å². The number of nitriles is 1. The van der Waals surface area contributed by atoms with E-state index in [1.165, 1.54) is 12.1 Å². The molecule has 1 aliphatic heterocycles. The normalized spacial score (nSPS) is 25.7. The van der Waals surface area contributed by atoms with Crippen molar-refractivity contribution in [2.45, 2.75) is 83.6 Å². The maximum absolute atomic E-state index is 14.7. The molecule has 3 rings (SSSR count). The predicted octanol–water partition coefficient (Wildman–Crippen LogP) is 5.39. The van der Waals surface area contributed by atoms with Gasteiger partial charge < -0.3 is 0 Å². The van der Waals surface area contributed by atoms with E-state index < -0.39 is 13.6 Å². The van der Waals surface area contributed by atoms with E-state index in [1.54, 1.807) is 12.1 Å². The van der Waals surface area contributed by atoms with Crippen LogP contribution in [-0.4, -0.2) is 33.5 Å². The lowest BCUT2D eigenvalue weighted by Crippen LogP contribution is -2.43. The number of benzene rings is 1. The maximum Gasteiger partial charge on any atom is 0.286 e. The van der Waals surface area contributed by atoms with Gasteiger partial charge in [0, 0.05) is 29.7 Å². The predicted molar refractivity (Wildman–Crippen MR) is 115 cm³/mol. The Morgan fingerprint density at radius 2 is 1.76 bits per heavy atom. The quantitative estimate of drug-likeness (QED) is 0.496. The summed E-state index contributed by atoms with van der Waals surface area (Å²) in [5.41, 5.74) is 0.794. The van der Waals surface area contributed by atoms with Gasteiger partial charge in [0.2, 0.25) is 0 Å². The Morgan fingerprint density at radius 3 is 2.21 bits per heavy atom. The third-order valence-electron chi connectivity index (χ3n) is 6.03. The Labute approximate surface area is 174 Å². The molecule has 0 amide bonds. The highest BCUT2D eigenvalue weighted by Gasteiger charge is 2.57. The highest BCUT2D eigenvalue weighted by atomic mass is 31.2. The van der Waals surface area contributed by atoms with Gasteiger partial charge in [0.1, 0.15) is 5.82 Å². The highest BCUT2D eigenvalue weighted by molar-refractivity contribution is 7.57. The highest BCUT2D eigenvalue weighted by Crippen LogP contribution is 2.64. The fourth-order valence-electron chi connectivity index (χ4n) is 5.03. The summed E-state index contributed by atoms with van der Waals surface area (Å²) in [4.78, 5) is 0. The van der Waals surface area contributed by atoms with Crippen molar-refractivity contribution in [2.75, 3.05) is 0 Å². The second-order valence-corrected chi connectivity index (χ2v) is 10.9. The number of halogens is 1. The van der Waals surface area contributed by atoms with Crippen molar-refractivity contribution in [3.05, 3.63) is 47.8 Å². The minimum atomic E-state index is -3.23. The average Bonchev–Trinajstić information content (AvgIpc) is 2.93. The summed E-state index contributed by atoms with van der Waals surface area (Å²) in [6.45, 7) is 12.2. The van der Waals surface area contributed by atoms with Gasteiger partial charge in [0.05, 0.1) is 12.1 Å². The summed E-state index contributed by atoms with van der Waals surface area (Å²) >= 11 is 0. The molecule has 0 aromatic heterocycles. The van der Waals surface area contributed by atoms with E-state index in [4.69, 9.17) is 0 Å². The van der Waals surface area contributed by atoms with Crippen molar-refractivity contribution in [3.63, 3.8) is 0 Å². The van der Waals surface area contributed by atoms with E-state index >= 15 is 0 Å². The fourth-order valence-corrected chi connectivity index (χ4v) is 8.77. The zero-order valence-corrected chi connectivity index (χ0v) is 18.7. The molecule has 0 unspecified atom stereocenters. The van der Waals surface area contributed by atoms with Crippen LogP contribution < -0.4 is 5.09 Å². The molecular weight excluding hydrogens is 386 g/mol. The third kappa shape index (κ3) is 4.07. The van der Waals surface area contributed by atoms with E-state index in [9.17, 15) is 14.2 Å². The van der Waals surface area contributed by atoms with Crippen LogP contribution in [0.15, 0.2) is 36.4 Å². The van der Waals surface area contributed by atoms with Gasteiger partial charge in [-0.2, -0.15) is 5.26 Å². The molecule has 0 spiro atoms. The number of nitrogens with zero attached hydrogens (tertiary/aromatic N) is 3. The third-order valence-corrected chi connectivity index (χ3v) is 9.39. The van der Waals surface area contributed by atoms with Gasteiger partial charge in [-0.15, -0.1) is 0 Å². The first-order chi connectivity index (χ1) is 13.7. The first-order valence-corrected chi connectivity index (χ1v) is 12.1. The van der Waals surface area contributed by atoms with Crippen LogP contribution in [0.4, 0.5) is 4.39 Å². The molecule has 1 N–H and O–H groups in total. The Balaban J connectivity index is 2.09. The lowest BCUT2D eigenvalue weighted by molar-refractivity contribution is 0.173. The van der Waals surface area contributed by atoms with Crippen molar-refractivity contribution < 1.29 is 8.96 Å². The lowest BCUT2D eigenvalue weighted by atomic mass is 9.89. The van der Waals surface area contributed by atoms with Gasteiger partial charge >= 0.3 is 0 Å². The first-order valence-electron chi connectivity index (χ1n) is 10.5. The monoisotopic (exact) mass is 418 g/mol. The molecule has 5 nitrogen and oxygen atoms in total. The molecule has 29 heavy (non-hydrogen) atoms. The molecule has 1 saturated heterocycles. The Kier molecular flexibility index (Phi) is 6.65. The van der Waals surface area contributed by atoms with Crippen molar-refractivity contribution in [1.29, 1.82) is 5.26 Å². The lowest BCUT2D eigenvalue weighted by Gasteiger charge is -2.38. The van der Waals surface area contributed by atoms with Gasteiger partial charge in [-0.1, -0.05) is 31.6 Å². The molecule has 3 atom stereocenters. The SMILES string of the molecule is C=C(C#N)[C@@H](NP1(=O)N(C(C)C)[C@@H]2CCCC[C@H]2N1C(C)C)c1cccc(F)c1. The van der Waals surface area contributed by atoms with Gasteiger partial charge in [0.15, 0.2) is 0 Å². The summed E-state index contributed by atoms with van der Waals surface area (Å²) in [5, 5.41) is 12.9. The maximum atomic E-state index is 14.7. The molecule has 1 saturated carbocycles. The van der Waals surface area contributed by atoms with Crippen LogP contribution in [0.3, 0.4) is 0 Å². The first kappa shape index (κ1) is 22.2. The summed E-state index contributed by atoms with van der Waals surface area (Å²) < 4.78 is 32.9. The molecule has 7 heteroatoms. The van der Waals surface area contributed by atoms with Crippen molar-refractivity contribution in [2.24, 2.45) is 0 Å². The number of nitrogens with one attached hydrogen (secondary N) is 1. The number of hydrogen-bond acceptors (Lipinski definition) is 2. The number of hydrogen-bond donors (Lipinski definition) is 1. The Morgan fingerprint density at radius 1 is 1.21 bits per heavy atom. The summed E-state index contributed by atoms with van der Waals surface area (Å²) in [6, 6.07) is 8.07. The zero-order valence-electron chi connectivity index (χ0n) is 17.8. The van der Waals surface area contributed by atoms with Gasteiger partial charge in [0.25, 0.3) is 7.59 Å². The summed E-state index contributed by atoms with van der Waals surface area (Å²) in [7, 11) is -3.23. The zero-order chi connectivity index (χ0) is 21.3. The number of fused-ring (bicyclic) bond motifs is 1. The van der Waals surface area contributed by atoms with Gasteiger partial charge in [-0.25, -0.2) is 18.8 Å². The molecule has 2 fully saturated rings. The number of rotatable bonds is 6. The van der Waals surface area contributed by atoms with Gasteiger partial charge in [-0.3, -0.25) is 4.57 Å². The van der Waals surface area contributed by atoms with Gasteiger partial charge in [-0.05, 0) is 58.2 Å². The van der Waals surface area contributed by atoms with E-state index in [0.29, 0.717) is 5.56 Å². The minimum absolute atomic E-state index is 0.0752. The van der Waals surface area contributed by atoms with Crippen LogP contribution in [0.25, 0.3) is 0 Å². The Bertz CT molecular complexity index is 821. The fraction of sp³-hybridized carbons (Fsp3) is 0.591. The molecule has 1 aliphatic carbocycles. The van der Waals surface area contributed by atoms with E-state index in [-0.39, 0.29) is 35.6 Å². The topological polar surface area (TPSA) is 59.4 Å². The van der Waals surface area contributed by atoms with E-state index in [2.05, 4.69) is 54.8 Å². The molecule has 1 aromatic rings. The smallest absolute Gasteiger partial charge is 0.270 e. The second-order valence-electron chi connectivity index (χ2n) is 8.66. The molecular formula is C22H32FN4OP. The van der Waals surface area contributed by atoms with E-state index in [1.807, 2.05) is 0 Å². The summed E-state index contributed by atoms with van der Waals surface area (Å²) in [6.07, 6.45) is 4.30. The molecule has 2 aliphatic rings. The van der Waals surface area contributed by atoms with Crippen LogP contribution in [0.2, 0.25) is 0 Å². The summed E-state index contributed by atoms with van der Waals surface area (Å²) in [5.74, 6) is -0.389. The largest absolute Gasteiger partial charge is 0.286 e. The van der Waals surface area contributed by atoms with Crippen LogP contribution in [0.1, 0.15) is 65.0 Å². The Hall–Kier alpha value is -1.51. The van der Waals surface area contributed by atoms with Crippen molar-refractivity contribution in [3.8, 4) is 6.07 Å². The van der Waals surface area contributed by atoms with Crippen LogP contribution in [0.5, 0.6) is 0 Å². The second kappa shape index (κ2) is 8.70. The van der Waals surface area contributed by atoms with E-state index in [0.717, 1.165) is 25.7 Å². The van der Waals surface area contributed by atoms with Crippen LogP contribution in [0, 0.1) is 17.1 Å². The molecule has 1 heterocycles. The standard InChI is InChI=1S/C22H32FN4OP/c1-15(2)26-20-11-6-7-12-21(20)27(16(3)4)29(26,28)25-22(17(5)14-24)18-9-8-10-19(23)13-18/h8-10,13,15-16,20-22H,5-7,11-12H2,1-4H3,(H,25,28)/t20-,21-,22-/m1/s1. The molecule has 0 radical (unpaired) electrons. The van der Waals surface area contributed by atoms with Crippen LogP contribution in [-0.2, 0) is 4.57 Å². The molecule has 0 bridgehead atoms. The molecule has 1 aromatic carbocycles. The van der Waals surface area contributed by atoms with Crippen molar-refractivity contribution >= 4 is 7.59 Å². The average molecular weight is 418 g/mol. The van der Waals surface area contributed by atoms with Crippen molar-refractivity contribution in [1.82, 2.24) is 14.4 Å².